The lowest BCUT2D eigenvalue weighted by atomic mass is 10.1. The molecule has 0 aliphatic heterocycles. The molecule has 3 nitrogen and oxygen atoms in total. The van der Waals surface area contributed by atoms with Gasteiger partial charge in [0, 0.05) is 17.3 Å². The van der Waals surface area contributed by atoms with Crippen LogP contribution in [0.1, 0.15) is 10.4 Å². The molecule has 1 amide bonds. The van der Waals surface area contributed by atoms with E-state index in [0.29, 0.717) is 11.3 Å². The summed E-state index contributed by atoms with van der Waals surface area (Å²) in [6.45, 7) is 0. The second kappa shape index (κ2) is 4.98. The minimum absolute atomic E-state index is 0.0270. The van der Waals surface area contributed by atoms with Gasteiger partial charge in [0.15, 0.2) is 0 Å². The minimum Gasteiger partial charge on any atom is -0.361 e. The summed E-state index contributed by atoms with van der Waals surface area (Å²) < 4.78 is 13.1. The Kier molecular flexibility index (Phi) is 3.16. The number of benzene rings is 2. The summed E-state index contributed by atoms with van der Waals surface area (Å²) in [5, 5.41) is 3.62. The van der Waals surface area contributed by atoms with E-state index in [9.17, 15) is 9.18 Å². The molecule has 0 radical (unpaired) electrons. The number of para-hydroxylation sites is 1. The molecular weight excluding hydrogens is 279 g/mol. The standard InChI is InChI=1S/C15H10ClFN2O/c16-12-8-10(4-5-13(12)17)19-15(20)11-3-1-2-9-6-7-18-14(9)11/h1-8,18H,(H,19,20). The molecule has 0 saturated carbocycles. The van der Waals surface area contributed by atoms with E-state index in [1.807, 2.05) is 18.2 Å². The minimum atomic E-state index is -0.517. The molecule has 100 valence electrons. The third kappa shape index (κ3) is 2.26. The van der Waals surface area contributed by atoms with Crippen LogP contribution < -0.4 is 5.32 Å². The molecule has 0 saturated heterocycles. The van der Waals surface area contributed by atoms with Crippen molar-refractivity contribution in [3.05, 3.63) is 65.1 Å². The summed E-state index contributed by atoms with van der Waals surface area (Å²) in [4.78, 5) is 15.3. The van der Waals surface area contributed by atoms with Crippen molar-refractivity contribution in [2.45, 2.75) is 0 Å². The van der Waals surface area contributed by atoms with Gasteiger partial charge in [-0.2, -0.15) is 0 Å². The van der Waals surface area contributed by atoms with Gasteiger partial charge < -0.3 is 10.3 Å². The molecular formula is C15H10ClFN2O. The Morgan fingerprint density at radius 2 is 2.05 bits per heavy atom. The Morgan fingerprint density at radius 3 is 2.85 bits per heavy atom. The SMILES string of the molecule is O=C(Nc1ccc(F)c(Cl)c1)c1cccc2cc[nH]c12. The first-order valence-electron chi connectivity index (χ1n) is 5.97. The maximum atomic E-state index is 13.1. The van der Waals surface area contributed by atoms with Crippen molar-refractivity contribution < 1.29 is 9.18 Å². The number of amides is 1. The molecule has 20 heavy (non-hydrogen) atoms. The third-order valence-corrected chi connectivity index (χ3v) is 3.30. The number of rotatable bonds is 2. The van der Waals surface area contributed by atoms with Crippen molar-refractivity contribution in [1.29, 1.82) is 0 Å². The Labute approximate surface area is 119 Å². The molecule has 3 rings (SSSR count). The van der Waals surface area contributed by atoms with E-state index in [4.69, 9.17) is 11.6 Å². The monoisotopic (exact) mass is 288 g/mol. The molecule has 0 spiro atoms. The normalized spacial score (nSPS) is 10.7. The topological polar surface area (TPSA) is 44.9 Å². The smallest absolute Gasteiger partial charge is 0.257 e. The van der Waals surface area contributed by atoms with Crippen molar-refractivity contribution in [2.75, 3.05) is 5.32 Å². The second-order valence-corrected chi connectivity index (χ2v) is 4.74. The Balaban J connectivity index is 1.93. The number of hydrogen-bond donors (Lipinski definition) is 2. The molecule has 2 aromatic carbocycles. The molecule has 0 aliphatic carbocycles. The maximum absolute atomic E-state index is 13.1. The first-order chi connectivity index (χ1) is 9.65. The highest BCUT2D eigenvalue weighted by molar-refractivity contribution is 6.31. The van der Waals surface area contributed by atoms with Crippen LogP contribution in [0.5, 0.6) is 0 Å². The molecule has 0 bridgehead atoms. The summed E-state index contributed by atoms with van der Waals surface area (Å²) in [5.41, 5.74) is 1.73. The van der Waals surface area contributed by atoms with Gasteiger partial charge in [0.25, 0.3) is 5.91 Å². The summed E-state index contributed by atoms with van der Waals surface area (Å²) in [7, 11) is 0. The molecule has 0 unspecified atom stereocenters. The van der Waals surface area contributed by atoms with Gasteiger partial charge in [0.2, 0.25) is 0 Å². The van der Waals surface area contributed by atoms with Gasteiger partial charge in [-0.3, -0.25) is 4.79 Å². The number of carbonyl (C=O) groups is 1. The average Bonchev–Trinajstić information content (AvgIpc) is 2.91. The predicted octanol–water partition coefficient (Wildman–Crippen LogP) is 4.21. The molecule has 2 N–H and O–H groups in total. The van der Waals surface area contributed by atoms with Crippen LogP contribution in [-0.2, 0) is 0 Å². The zero-order valence-corrected chi connectivity index (χ0v) is 11.0. The number of fused-ring (bicyclic) bond motifs is 1. The van der Waals surface area contributed by atoms with Gasteiger partial charge in [-0.05, 0) is 30.3 Å². The van der Waals surface area contributed by atoms with Crippen LogP contribution in [0.15, 0.2) is 48.7 Å². The lowest BCUT2D eigenvalue weighted by molar-refractivity contribution is 0.102. The van der Waals surface area contributed by atoms with Crippen LogP contribution in [0.3, 0.4) is 0 Å². The van der Waals surface area contributed by atoms with Crippen LogP contribution in [0.25, 0.3) is 10.9 Å². The van der Waals surface area contributed by atoms with E-state index >= 15 is 0 Å². The Morgan fingerprint density at radius 1 is 1.20 bits per heavy atom. The lowest BCUT2D eigenvalue weighted by Gasteiger charge is -2.07. The van der Waals surface area contributed by atoms with Gasteiger partial charge in [-0.25, -0.2) is 4.39 Å². The number of anilines is 1. The second-order valence-electron chi connectivity index (χ2n) is 4.33. The van der Waals surface area contributed by atoms with Crippen LogP contribution >= 0.6 is 11.6 Å². The molecule has 3 aromatic rings. The van der Waals surface area contributed by atoms with Crippen molar-refractivity contribution in [1.82, 2.24) is 4.98 Å². The van der Waals surface area contributed by atoms with Crippen molar-refractivity contribution in [2.24, 2.45) is 0 Å². The van der Waals surface area contributed by atoms with Crippen molar-refractivity contribution >= 4 is 34.1 Å². The van der Waals surface area contributed by atoms with Crippen LogP contribution in [-0.4, -0.2) is 10.9 Å². The summed E-state index contributed by atoms with van der Waals surface area (Å²) in [6.07, 6.45) is 1.77. The number of H-pyrrole nitrogens is 1. The third-order valence-electron chi connectivity index (χ3n) is 3.01. The first kappa shape index (κ1) is 12.7. The molecule has 5 heteroatoms. The van der Waals surface area contributed by atoms with E-state index in [1.165, 1.54) is 18.2 Å². The fraction of sp³-hybridized carbons (Fsp3) is 0. The average molecular weight is 289 g/mol. The van der Waals surface area contributed by atoms with E-state index < -0.39 is 5.82 Å². The zero-order valence-electron chi connectivity index (χ0n) is 10.3. The lowest BCUT2D eigenvalue weighted by Crippen LogP contribution is -2.12. The largest absolute Gasteiger partial charge is 0.361 e. The molecule has 0 fully saturated rings. The Hall–Kier alpha value is -2.33. The molecule has 1 heterocycles. The van der Waals surface area contributed by atoms with E-state index in [1.54, 1.807) is 12.3 Å². The summed E-state index contributed by atoms with van der Waals surface area (Å²) in [6, 6.07) is 11.4. The number of halogens is 2. The van der Waals surface area contributed by atoms with E-state index in [-0.39, 0.29) is 10.9 Å². The summed E-state index contributed by atoms with van der Waals surface area (Å²) >= 11 is 5.69. The van der Waals surface area contributed by atoms with E-state index in [0.717, 1.165) is 10.9 Å². The quantitative estimate of drug-likeness (QED) is 0.729. The maximum Gasteiger partial charge on any atom is 0.257 e. The number of aromatic nitrogens is 1. The van der Waals surface area contributed by atoms with Crippen LogP contribution in [0.4, 0.5) is 10.1 Å². The number of aromatic amines is 1. The van der Waals surface area contributed by atoms with Gasteiger partial charge in [0.05, 0.1) is 16.1 Å². The first-order valence-corrected chi connectivity index (χ1v) is 6.35. The Bertz CT molecular complexity index is 797. The highest BCUT2D eigenvalue weighted by atomic mass is 35.5. The van der Waals surface area contributed by atoms with Gasteiger partial charge >= 0.3 is 0 Å². The number of nitrogens with one attached hydrogen (secondary N) is 2. The number of carbonyl (C=O) groups excluding carboxylic acids is 1. The summed E-state index contributed by atoms with van der Waals surface area (Å²) in [5.74, 6) is -0.795. The fourth-order valence-corrected chi connectivity index (χ4v) is 2.23. The van der Waals surface area contributed by atoms with Gasteiger partial charge in [-0.1, -0.05) is 23.7 Å². The molecule has 0 atom stereocenters. The predicted molar refractivity (Wildman–Crippen MR) is 77.7 cm³/mol. The van der Waals surface area contributed by atoms with E-state index in [2.05, 4.69) is 10.3 Å². The van der Waals surface area contributed by atoms with Gasteiger partial charge in [0.1, 0.15) is 5.82 Å². The zero-order chi connectivity index (χ0) is 14.1. The molecule has 0 aliphatic rings. The van der Waals surface area contributed by atoms with Crippen LogP contribution in [0, 0.1) is 5.82 Å². The number of hydrogen-bond acceptors (Lipinski definition) is 1. The molecule has 1 aromatic heterocycles. The highest BCUT2D eigenvalue weighted by Crippen LogP contribution is 2.22. The van der Waals surface area contributed by atoms with Gasteiger partial charge in [-0.15, -0.1) is 0 Å². The highest BCUT2D eigenvalue weighted by Gasteiger charge is 2.11. The van der Waals surface area contributed by atoms with Crippen molar-refractivity contribution in [3.8, 4) is 0 Å². The van der Waals surface area contributed by atoms with Crippen LogP contribution in [0.2, 0.25) is 5.02 Å². The fourth-order valence-electron chi connectivity index (χ4n) is 2.05. The van der Waals surface area contributed by atoms with Crippen molar-refractivity contribution in [3.63, 3.8) is 0 Å².